The molecule has 3 atom stereocenters. The van der Waals surface area contributed by atoms with E-state index in [-0.39, 0.29) is 30.5 Å². The van der Waals surface area contributed by atoms with E-state index in [1.807, 2.05) is 23.1 Å². The van der Waals surface area contributed by atoms with Gasteiger partial charge < -0.3 is 15.0 Å². The summed E-state index contributed by atoms with van der Waals surface area (Å²) in [7, 11) is 0. The van der Waals surface area contributed by atoms with Crippen LogP contribution < -0.4 is 10.1 Å². The summed E-state index contributed by atoms with van der Waals surface area (Å²) in [4.78, 5) is 27.0. The third-order valence-electron chi connectivity index (χ3n) is 5.31. The third kappa shape index (κ3) is 3.93. The second-order valence-electron chi connectivity index (χ2n) is 7.14. The lowest BCUT2D eigenvalue weighted by atomic mass is 10.0. The molecule has 3 unspecified atom stereocenters. The van der Waals surface area contributed by atoms with Gasteiger partial charge in [0, 0.05) is 23.2 Å². The van der Waals surface area contributed by atoms with Crippen molar-refractivity contribution in [3.05, 3.63) is 65.2 Å². The highest BCUT2D eigenvalue weighted by atomic mass is 35.5. The SMILES string of the molecule is O=C(NC1CC2CC1N(C(=O)COc1cccc(Cl)c1)C2)c1ccccc1. The predicted octanol–water partition coefficient (Wildman–Crippen LogP) is 3.14. The summed E-state index contributed by atoms with van der Waals surface area (Å²) in [5, 5.41) is 3.67. The molecule has 1 N–H and O–H groups in total. The average molecular weight is 385 g/mol. The van der Waals surface area contributed by atoms with Crippen LogP contribution in [-0.4, -0.2) is 41.9 Å². The number of halogens is 1. The smallest absolute Gasteiger partial charge is 0.260 e. The van der Waals surface area contributed by atoms with Crippen LogP contribution in [0, 0.1) is 5.92 Å². The third-order valence-corrected chi connectivity index (χ3v) is 5.55. The van der Waals surface area contributed by atoms with E-state index in [2.05, 4.69) is 5.32 Å². The summed E-state index contributed by atoms with van der Waals surface area (Å²) >= 11 is 5.94. The summed E-state index contributed by atoms with van der Waals surface area (Å²) in [5.41, 5.74) is 0.641. The van der Waals surface area contributed by atoms with Gasteiger partial charge in [-0.2, -0.15) is 0 Å². The molecule has 1 saturated carbocycles. The van der Waals surface area contributed by atoms with E-state index in [0.29, 0.717) is 22.3 Å². The Morgan fingerprint density at radius 1 is 1.11 bits per heavy atom. The molecule has 4 rings (SSSR count). The van der Waals surface area contributed by atoms with Crippen molar-refractivity contribution in [1.82, 2.24) is 10.2 Å². The summed E-state index contributed by atoms with van der Waals surface area (Å²) in [5.74, 6) is 0.872. The molecule has 1 aliphatic heterocycles. The minimum absolute atomic E-state index is 0.00780. The van der Waals surface area contributed by atoms with Crippen molar-refractivity contribution in [2.75, 3.05) is 13.2 Å². The fourth-order valence-electron chi connectivity index (χ4n) is 4.09. The van der Waals surface area contributed by atoms with Gasteiger partial charge in [0.1, 0.15) is 5.75 Å². The van der Waals surface area contributed by atoms with E-state index in [9.17, 15) is 9.59 Å². The van der Waals surface area contributed by atoms with Gasteiger partial charge in [-0.3, -0.25) is 9.59 Å². The number of hydrogen-bond acceptors (Lipinski definition) is 3. The Morgan fingerprint density at radius 3 is 2.67 bits per heavy atom. The first-order valence-corrected chi connectivity index (χ1v) is 9.51. The molecular formula is C21H21ClN2O3. The second kappa shape index (κ2) is 7.61. The highest BCUT2D eigenvalue weighted by Crippen LogP contribution is 2.38. The van der Waals surface area contributed by atoms with Crippen molar-refractivity contribution in [3.8, 4) is 5.75 Å². The zero-order chi connectivity index (χ0) is 18.8. The summed E-state index contributed by atoms with van der Waals surface area (Å²) in [6.45, 7) is 0.711. The molecule has 0 spiro atoms. The number of fused-ring (bicyclic) bond motifs is 2. The molecule has 2 aromatic rings. The van der Waals surface area contributed by atoms with E-state index in [4.69, 9.17) is 16.3 Å². The largest absolute Gasteiger partial charge is 0.484 e. The molecule has 2 aromatic carbocycles. The molecular weight excluding hydrogens is 364 g/mol. The normalized spacial score (nSPS) is 23.3. The molecule has 140 valence electrons. The van der Waals surface area contributed by atoms with E-state index in [0.717, 1.165) is 19.4 Å². The Bertz CT molecular complexity index is 842. The Labute approximate surface area is 163 Å². The number of carbonyl (C=O) groups is 2. The van der Waals surface area contributed by atoms with Crippen molar-refractivity contribution in [2.24, 2.45) is 5.92 Å². The molecule has 1 heterocycles. The molecule has 1 aliphatic carbocycles. The van der Waals surface area contributed by atoms with Crippen molar-refractivity contribution in [2.45, 2.75) is 24.9 Å². The number of hydrogen-bond donors (Lipinski definition) is 1. The number of ether oxygens (including phenoxy) is 1. The predicted molar refractivity (Wildman–Crippen MR) is 103 cm³/mol. The van der Waals surface area contributed by atoms with Gasteiger partial charge in [-0.1, -0.05) is 35.9 Å². The van der Waals surface area contributed by atoms with Crippen LogP contribution in [0.4, 0.5) is 0 Å². The molecule has 5 nitrogen and oxygen atoms in total. The van der Waals surface area contributed by atoms with Gasteiger partial charge in [0.25, 0.3) is 11.8 Å². The van der Waals surface area contributed by atoms with Gasteiger partial charge in [-0.25, -0.2) is 0 Å². The lowest BCUT2D eigenvalue weighted by Crippen LogP contribution is -2.52. The number of rotatable bonds is 5. The van der Waals surface area contributed by atoms with Crippen LogP contribution in [0.1, 0.15) is 23.2 Å². The topological polar surface area (TPSA) is 58.6 Å². The number of amides is 2. The van der Waals surface area contributed by atoms with Crippen molar-refractivity contribution >= 4 is 23.4 Å². The lowest BCUT2D eigenvalue weighted by Gasteiger charge is -2.33. The van der Waals surface area contributed by atoms with Crippen LogP contribution in [0.25, 0.3) is 0 Å². The first kappa shape index (κ1) is 17.9. The quantitative estimate of drug-likeness (QED) is 0.861. The fourth-order valence-corrected chi connectivity index (χ4v) is 4.27. The number of piperidine rings is 1. The van der Waals surface area contributed by atoms with Gasteiger partial charge >= 0.3 is 0 Å². The number of benzene rings is 2. The summed E-state index contributed by atoms with van der Waals surface area (Å²) in [6, 6.07) is 16.2. The maximum atomic E-state index is 12.6. The standard InChI is InChI=1S/C21H21ClN2O3/c22-16-7-4-8-17(11-16)27-13-20(25)24-12-14-9-18(19(24)10-14)23-21(26)15-5-2-1-3-6-15/h1-8,11,14,18-19H,9-10,12-13H2,(H,23,26). The van der Waals surface area contributed by atoms with Gasteiger partial charge in [-0.15, -0.1) is 0 Å². The molecule has 0 aromatic heterocycles. The molecule has 1 saturated heterocycles. The number of carbonyl (C=O) groups excluding carboxylic acids is 2. The highest BCUT2D eigenvalue weighted by molar-refractivity contribution is 6.30. The zero-order valence-electron chi connectivity index (χ0n) is 14.8. The maximum Gasteiger partial charge on any atom is 0.260 e. The van der Waals surface area contributed by atoms with Gasteiger partial charge in [-0.05, 0) is 49.1 Å². The number of likely N-dealkylation sites (tertiary alicyclic amines) is 1. The monoisotopic (exact) mass is 384 g/mol. The van der Waals surface area contributed by atoms with Gasteiger partial charge in [0.15, 0.2) is 6.61 Å². The Kier molecular flexibility index (Phi) is 5.03. The minimum Gasteiger partial charge on any atom is -0.484 e. The first-order chi connectivity index (χ1) is 13.1. The van der Waals surface area contributed by atoms with E-state index in [1.165, 1.54) is 0 Å². The zero-order valence-corrected chi connectivity index (χ0v) is 15.6. The first-order valence-electron chi connectivity index (χ1n) is 9.14. The Balaban J connectivity index is 1.36. The van der Waals surface area contributed by atoms with Crippen molar-refractivity contribution < 1.29 is 14.3 Å². The van der Waals surface area contributed by atoms with E-state index in [1.54, 1.807) is 36.4 Å². The van der Waals surface area contributed by atoms with Crippen LogP contribution in [0.3, 0.4) is 0 Å². The van der Waals surface area contributed by atoms with Crippen molar-refractivity contribution in [1.29, 1.82) is 0 Å². The molecule has 27 heavy (non-hydrogen) atoms. The Morgan fingerprint density at radius 2 is 1.93 bits per heavy atom. The second-order valence-corrected chi connectivity index (χ2v) is 7.58. The molecule has 2 amide bonds. The average Bonchev–Trinajstić information content (AvgIpc) is 3.27. The van der Waals surface area contributed by atoms with Crippen molar-refractivity contribution in [3.63, 3.8) is 0 Å². The number of nitrogens with one attached hydrogen (secondary N) is 1. The lowest BCUT2D eigenvalue weighted by molar-refractivity contribution is -0.135. The maximum absolute atomic E-state index is 12.6. The highest BCUT2D eigenvalue weighted by Gasteiger charge is 2.47. The van der Waals surface area contributed by atoms with E-state index < -0.39 is 0 Å². The van der Waals surface area contributed by atoms with Crippen LogP contribution in [-0.2, 0) is 4.79 Å². The molecule has 0 radical (unpaired) electrons. The van der Waals surface area contributed by atoms with Crippen LogP contribution in [0.5, 0.6) is 5.75 Å². The summed E-state index contributed by atoms with van der Waals surface area (Å²) < 4.78 is 5.59. The van der Waals surface area contributed by atoms with Gasteiger partial charge in [0.2, 0.25) is 0 Å². The minimum atomic E-state index is -0.0873. The molecule has 2 bridgehead atoms. The molecule has 2 fully saturated rings. The van der Waals surface area contributed by atoms with Crippen LogP contribution >= 0.6 is 11.6 Å². The van der Waals surface area contributed by atoms with Crippen LogP contribution in [0.2, 0.25) is 5.02 Å². The fraction of sp³-hybridized carbons (Fsp3) is 0.333. The van der Waals surface area contributed by atoms with E-state index >= 15 is 0 Å². The molecule has 6 heteroatoms. The Hall–Kier alpha value is -2.53. The summed E-state index contributed by atoms with van der Waals surface area (Å²) in [6.07, 6.45) is 1.85. The number of nitrogens with zero attached hydrogens (tertiary/aromatic N) is 1. The van der Waals surface area contributed by atoms with Crippen LogP contribution in [0.15, 0.2) is 54.6 Å². The molecule has 2 aliphatic rings. The van der Waals surface area contributed by atoms with Gasteiger partial charge in [0.05, 0.1) is 6.04 Å².